The predicted octanol–water partition coefficient (Wildman–Crippen LogP) is 1.35. The van der Waals surface area contributed by atoms with Gasteiger partial charge >= 0.3 is 0 Å². The molecule has 0 saturated carbocycles. The zero-order valence-corrected chi connectivity index (χ0v) is 12.5. The van der Waals surface area contributed by atoms with Gasteiger partial charge in [-0.2, -0.15) is 4.31 Å². The maximum Gasteiger partial charge on any atom is 0.243 e. The van der Waals surface area contributed by atoms with Crippen LogP contribution in [0.2, 0.25) is 0 Å². The largest absolute Gasteiger partial charge is 0.508 e. The summed E-state index contributed by atoms with van der Waals surface area (Å²) >= 11 is 0. The van der Waals surface area contributed by atoms with Gasteiger partial charge < -0.3 is 10.0 Å². The number of likely N-dealkylation sites (N-methyl/N-ethyl adjacent to an activating group) is 1. The molecule has 0 unspecified atom stereocenters. The van der Waals surface area contributed by atoms with Gasteiger partial charge in [0.2, 0.25) is 10.0 Å². The van der Waals surface area contributed by atoms with Crippen molar-refractivity contribution in [3.05, 3.63) is 24.3 Å². The highest BCUT2D eigenvalue weighted by Crippen LogP contribution is 2.20. The molecule has 1 aromatic rings. The number of sulfonamides is 1. The highest BCUT2D eigenvalue weighted by Gasteiger charge is 2.23. The quantitative estimate of drug-likeness (QED) is 0.822. The van der Waals surface area contributed by atoms with E-state index in [1.807, 2.05) is 25.9 Å². The minimum absolute atomic E-state index is 0.0369. The first-order chi connectivity index (χ1) is 8.87. The van der Waals surface area contributed by atoms with Crippen molar-refractivity contribution in [1.29, 1.82) is 0 Å². The molecule has 1 rings (SSSR count). The van der Waals surface area contributed by atoms with Crippen LogP contribution in [0.1, 0.15) is 13.3 Å². The van der Waals surface area contributed by atoms with Crippen LogP contribution in [0.4, 0.5) is 0 Å². The summed E-state index contributed by atoms with van der Waals surface area (Å²) in [5.41, 5.74) is 0. The third-order valence-corrected chi connectivity index (χ3v) is 4.62. The molecule has 1 N–H and O–H groups in total. The van der Waals surface area contributed by atoms with Crippen molar-refractivity contribution in [2.24, 2.45) is 0 Å². The molecule has 108 valence electrons. The Kier molecular flexibility index (Phi) is 5.78. The van der Waals surface area contributed by atoms with E-state index in [-0.39, 0.29) is 10.6 Å². The van der Waals surface area contributed by atoms with E-state index < -0.39 is 10.0 Å². The third kappa shape index (κ3) is 4.49. The molecule has 1 aromatic carbocycles. The summed E-state index contributed by atoms with van der Waals surface area (Å²) in [6, 6.07) is 5.79. The molecule has 0 spiro atoms. The number of rotatable bonds is 7. The minimum Gasteiger partial charge on any atom is -0.508 e. The molecular formula is C13H22N2O3S. The van der Waals surface area contributed by atoms with Gasteiger partial charge in [0.1, 0.15) is 5.75 Å². The molecular weight excluding hydrogens is 264 g/mol. The molecule has 0 aliphatic heterocycles. The Morgan fingerprint density at radius 2 is 1.84 bits per heavy atom. The second-order valence-corrected chi connectivity index (χ2v) is 6.64. The standard InChI is InChI=1S/C13H22N2O3S/c1-4-8-15(10-9-14(2)3)19(17,18)13-7-5-6-12(16)11-13/h5-7,11,16H,4,8-10H2,1-3H3. The number of nitrogens with zero attached hydrogens (tertiary/aromatic N) is 2. The Labute approximate surface area is 115 Å². The van der Waals surface area contributed by atoms with Crippen molar-refractivity contribution >= 4 is 10.0 Å². The number of benzene rings is 1. The van der Waals surface area contributed by atoms with Crippen LogP contribution in [0.3, 0.4) is 0 Å². The average molecular weight is 286 g/mol. The highest BCUT2D eigenvalue weighted by molar-refractivity contribution is 7.89. The number of phenolic OH excluding ortho intramolecular Hbond substituents is 1. The van der Waals surface area contributed by atoms with Gasteiger partial charge in [0.25, 0.3) is 0 Å². The van der Waals surface area contributed by atoms with Crippen LogP contribution >= 0.6 is 0 Å². The molecule has 0 radical (unpaired) electrons. The minimum atomic E-state index is -3.53. The molecule has 0 aromatic heterocycles. The SMILES string of the molecule is CCCN(CCN(C)C)S(=O)(=O)c1cccc(O)c1. The lowest BCUT2D eigenvalue weighted by Gasteiger charge is -2.23. The van der Waals surface area contributed by atoms with E-state index >= 15 is 0 Å². The molecule has 0 amide bonds. The topological polar surface area (TPSA) is 60.9 Å². The summed E-state index contributed by atoms with van der Waals surface area (Å²) in [6.45, 7) is 3.53. The molecule has 0 heterocycles. The van der Waals surface area contributed by atoms with Crippen molar-refractivity contribution in [3.8, 4) is 5.75 Å². The third-order valence-electron chi connectivity index (χ3n) is 2.73. The van der Waals surface area contributed by atoms with Gasteiger partial charge in [0.15, 0.2) is 0 Å². The van der Waals surface area contributed by atoms with Crippen LogP contribution in [0.25, 0.3) is 0 Å². The van der Waals surface area contributed by atoms with Crippen molar-refractivity contribution in [1.82, 2.24) is 9.21 Å². The second-order valence-electron chi connectivity index (χ2n) is 4.70. The summed E-state index contributed by atoms with van der Waals surface area (Å²) in [5.74, 6) is -0.0369. The monoisotopic (exact) mass is 286 g/mol. The normalized spacial score (nSPS) is 12.3. The van der Waals surface area contributed by atoms with Gasteiger partial charge in [-0.05, 0) is 38.7 Å². The second kappa shape index (κ2) is 6.88. The van der Waals surface area contributed by atoms with Crippen LogP contribution in [0.5, 0.6) is 5.75 Å². The molecule has 0 aliphatic rings. The molecule has 0 fully saturated rings. The van der Waals surface area contributed by atoms with Crippen LogP contribution in [-0.4, -0.2) is 56.5 Å². The summed E-state index contributed by atoms with van der Waals surface area (Å²) < 4.78 is 26.4. The van der Waals surface area contributed by atoms with E-state index in [9.17, 15) is 13.5 Å². The van der Waals surface area contributed by atoms with Gasteiger partial charge in [-0.3, -0.25) is 0 Å². The summed E-state index contributed by atoms with van der Waals surface area (Å²) in [5, 5.41) is 9.42. The Hall–Kier alpha value is -1.11. The number of hydrogen-bond donors (Lipinski definition) is 1. The van der Waals surface area contributed by atoms with E-state index in [2.05, 4.69) is 0 Å². The maximum atomic E-state index is 12.5. The van der Waals surface area contributed by atoms with Crippen LogP contribution in [0, 0.1) is 0 Å². The summed E-state index contributed by atoms with van der Waals surface area (Å²) in [6.07, 6.45) is 0.755. The van der Waals surface area contributed by atoms with E-state index in [4.69, 9.17) is 0 Å². The number of aromatic hydroxyl groups is 1. The Morgan fingerprint density at radius 3 is 2.37 bits per heavy atom. The van der Waals surface area contributed by atoms with E-state index in [0.717, 1.165) is 6.42 Å². The molecule has 0 saturated heterocycles. The fourth-order valence-corrected chi connectivity index (χ4v) is 3.27. The average Bonchev–Trinajstić information content (AvgIpc) is 2.34. The van der Waals surface area contributed by atoms with Gasteiger partial charge in [-0.15, -0.1) is 0 Å². The Balaban J connectivity index is 2.98. The first-order valence-corrected chi connectivity index (χ1v) is 7.76. The van der Waals surface area contributed by atoms with Crippen molar-refractivity contribution in [2.45, 2.75) is 18.2 Å². The van der Waals surface area contributed by atoms with Crippen molar-refractivity contribution in [2.75, 3.05) is 33.7 Å². The molecule has 6 heteroatoms. The lowest BCUT2D eigenvalue weighted by molar-refractivity contribution is 0.333. The maximum absolute atomic E-state index is 12.5. The molecule has 19 heavy (non-hydrogen) atoms. The number of phenols is 1. The predicted molar refractivity (Wildman–Crippen MR) is 75.7 cm³/mol. The first-order valence-electron chi connectivity index (χ1n) is 6.32. The molecule has 0 bridgehead atoms. The number of hydrogen-bond acceptors (Lipinski definition) is 4. The fraction of sp³-hybridized carbons (Fsp3) is 0.538. The van der Waals surface area contributed by atoms with Gasteiger partial charge in [-0.1, -0.05) is 13.0 Å². The van der Waals surface area contributed by atoms with Gasteiger partial charge in [0, 0.05) is 19.6 Å². The smallest absolute Gasteiger partial charge is 0.243 e. The zero-order valence-electron chi connectivity index (χ0n) is 11.7. The zero-order chi connectivity index (χ0) is 14.5. The van der Waals surface area contributed by atoms with Crippen molar-refractivity contribution in [3.63, 3.8) is 0 Å². The molecule has 0 atom stereocenters. The van der Waals surface area contributed by atoms with E-state index in [1.54, 1.807) is 0 Å². The first kappa shape index (κ1) is 15.9. The highest BCUT2D eigenvalue weighted by atomic mass is 32.2. The Morgan fingerprint density at radius 1 is 1.16 bits per heavy atom. The lowest BCUT2D eigenvalue weighted by Crippen LogP contribution is -2.37. The Bertz CT molecular complexity index is 500. The van der Waals surface area contributed by atoms with Gasteiger partial charge in [-0.25, -0.2) is 8.42 Å². The van der Waals surface area contributed by atoms with Gasteiger partial charge in [0.05, 0.1) is 4.90 Å². The van der Waals surface area contributed by atoms with E-state index in [0.29, 0.717) is 19.6 Å². The van der Waals surface area contributed by atoms with Crippen LogP contribution in [-0.2, 0) is 10.0 Å². The fourth-order valence-electron chi connectivity index (χ4n) is 1.71. The molecule has 0 aliphatic carbocycles. The lowest BCUT2D eigenvalue weighted by atomic mass is 10.3. The van der Waals surface area contributed by atoms with Crippen LogP contribution < -0.4 is 0 Å². The van der Waals surface area contributed by atoms with Crippen LogP contribution in [0.15, 0.2) is 29.2 Å². The van der Waals surface area contributed by atoms with E-state index in [1.165, 1.54) is 28.6 Å². The summed E-state index contributed by atoms with van der Waals surface area (Å²) in [7, 11) is 0.281. The molecule has 5 nitrogen and oxygen atoms in total. The van der Waals surface area contributed by atoms with Crippen molar-refractivity contribution < 1.29 is 13.5 Å². The summed E-state index contributed by atoms with van der Waals surface area (Å²) in [4.78, 5) is 2.08.